The minimum absolute atomic E-state index is 0.0883. The fourth-order valence-corrected chi connectivity index (χ4v) is 3.18. The third-order valence-electron chi connectivity index (χ3n) is 4.55. The second-order valence-electron chi connectivity index (χ2n) is 6.58. The van der Waals surface area contributed by atoms with Crippen LogP contribution in [0.4, 0.5) is 4.79 Å². The van der Waals surface area contributed by atoms with Crippen LogP contribution in [0, 0.1) is 0 Å². The molecule has 0 aromatic heterocycles. The lowest BCUT2D eigenvalue weighted by Crippen LogP contribution is -2.54. The molecule has 2 amide bonds. The fraction of sp³-hybridized carbons (Fsp3) is 0.933. The Balaban J connectivity index is 1.67. The molecule has 122 valence electrons. The van der Waals surface area contributed by atoms with E-state index in [9.17, 15) is 9.90 Å². The Kier molecular flexibility index (Phi) is 6.26. The van der Waals surface area contributed by atoms with Crippen molar-refractivity contribution in [1.82, 2.24) is 20.4 Å². The number of nitrogens with one attached hydrogen (secondary N) is 2. The second kappa shape index (κ2) is 7.96. The van der Waals surface area contributed by atoms with Crippen LogP contribution in [0.5, 0.6) is 0 Å². The van der Waals surface area contributed by atoms with Gasteiger partial charge < -0.3 is 20.6 Å². The van der Waals surface area contributed by atoms with Crippen LogP contribution in [-0.2, 0) is 0 Å². The number of aliphatic hydroxyl groups excluding tert-OH is 1. The summed E-state index contributed by atoms with van der Waals surface area (Å²) in [5, 5.41) is 15.8. The van der Waals surface area contributed by atoms with Gasteiger partial charge in [0, 0.05) is 38.8 Å². The number of hydrogen-bond acceptors (Lipinski definition) is 4. The number of likely N-dealkylation sites (N-methyl/N-ethyl adjacent to an activating group) is 1. The second-order valence-corrected chi connectivity index (χ2v) is 6.58. The van der Waals surface area contributed by atoms with Crippen molar-refractivity contribution in [2.24, 2.45) is 0 Å². The van der Waals surface area contributed by atoms with Crippen molar-refractivity contribution in [1.29, 1.82) is 0 Å². The van der Waals surface area contributed by atoms with E-state index in [1.165, 1.54) is 0 Å². The molecule has 1 aliphatic carbocycles. The first-order chi connectivity index (χ1) is 10.0. The Morgan fingerprint density at radius 2 is 1.90 bits per heavy atom. The van der Waals surface area contributed by atoms with E-state index in [1.54, 1.807) is 0 Å². The van der Waals surface area contributed by atoms with E-state index < -0.39 is 6.10 Å². The number of aliphatic hydroxyl groups is 1. The van der Waals surface area contributed by atoms with Crippen molar-refractivity contribution in [3.8, 4) is 0 Å². The van der Waals surface area contributed by atoms with Gasteiger partial charge in [-0.05, 0) is 26.8 Å². The smallest absolute Gasteiger partial charge is 0.315 e. The molecule has 3 N–H and O–H groups in total. The zero-order valence-electron chi connectivity index (χ0n) is 13.3. The predicted octanol–water partition coefficient (Wildman–Crippen LogP) is 0.225. The molecule has 0 aromatic rings. The monoisotopic (exact) mass is 298 g/mol. The summed E-state index contributed by atoms with van der Waals surface area (Å²) in [5.74, 6) is 0. The first-order valence-corrected chi connectivity index (χ1v) is 8.20. The van der Waals surface area contributed by atoms with Gasteiger partial charge in [-0.3, -0.25) is 4.90 Å². The molecule has 0 aromatic carbocycles. The van der Waals surface area contributed by atoms with Gasteiger partial charge in [-0.25, -0.2) is 4.79 Å². The summed E-state index contributed by atoms with van der Waals surface area (Å²) < 4.78 is 0. The number of carbonyl (C=O) groups is 1. The zero-order chi connectivity index (χ0) is 15.2. The zero-order valence-corrected chi connectivity index (χ0v) is 13.3. The topological polar surface area (TPSA) is 67.8 Å². The lowest BCUT2D eigenvalue weighted by Gasteiger charge is -2.34. The molecule has 21 heavy (non-hydrogen) atoms. The van der Waals surface area contributed by atoms with Crippen LogP contribution < -0.4 is 10.6 Å². The van der Waals surface area contributed by atoms with E-state index in [1.807, 2.05) is 6.92 Å². The highest BCUT2D eigenvalue weighted by Gasteiger charge is 2.25. The number of amides is 2. The van der Waals surface area contributed by atoms with Crippen molar-refractivity contribution in [2.75, 3.05) is 39.8 Å². The highest BCUT2D eigenvalue weighted by atomic mass is 16.3. The van der Waals surface area contributed by atoms with Gasteiger partial charge >= 0.3 is 6.03 Å². The summed E-state index contributed by atoms with van der Waals surface area (Å²) in [6.45, 7) is 7.22. The van der Waals surface area contributed by atoms with Crippen molar-refractivity contribution >= 4 is 6.03 Å². The lowest BCUT2D eigenvalue weighted by molar-refractivity contribution is 0.0935. The van der Waals surface area contributed by atoms with E-state index in [-0.39, 0.29) is 18.1 Å². The molecule has 1 saturated heterocycles. The summed E-state index contributed by atoms with van der Waals surface area (Å²) in [5.41, 5.74) is 0. The number of hydrogen-bond donors (Lipinski definition) is 3. The number of piperazine rings is 1. The molecule has 0 spiro atoms. The molecule has 2 rings (SSSR count). The van der Waals surface area contributed by atoms with E-state index >= 15 is 0 Å². The maximum absolute atomic E-state index is 12.0. The number of nitrogens with zero attached hydrogens (tertiary/aromatic N) is 2. The highest BCUT2D eigenvalue weighted by molar-refractivity contribution is 5.74. The summed E-state index contributed by atoms with van der Waals surface area (Å²) in [6.07, 6.45) is 3.42. The molecule has 1 saturated carbocycles. The molecule has 2 fully saturated rings. The molecule has 1 heterocycles. The average Bonchev–Trinajstić information content (AvgIpc) is 2.44. The molecule has 1 aliphatic heterocycles. The van der Waals surface area contributed by atoms with Crippen molar-refractivity contribution < 1.29 is 9.90 Å². The standard InChI is InChI=1S/C15H30N4O2/c1-12(11-19-9-7-18(2)8-10-19)16-15(21)17-13-5-3-4-6-14(13)20/h12-14,20H,3-11H2,1-2H3,(H2,16,17,21). The van der Waals surface area contributed by atoms with Gasteiger partial charge in [0.25, 0.3) is 0 Å². The summed E-state index contributed by atoms with van der Waals surface area (Å²) >= 11 is 0. The van der Waals surface area contributed by atoms with Gasteiger partial charge in [-0.2, -0.15) is 0 Å². The summed E-state index contributed by atoms with van der Waals surface area (Å²) in [4.78, 5) is 16.7. The Labute approximate surface area is 127 Å². The minimum Gasteiger partial charge on any atom is -0.391 e. The minimum atomic E-state index is -0.391. The first-order valence-electron chi connectivity index (χ1n) is 8.20. The van der Waals surface area contributed by atoms with Crippen molar-refractivity contribution in [3.63, 3.8) is 0 Å². The van der Waals surface area contributed by atoms with Crippen LogP contribution >= 0.6 is 0 Å². The SMILES string of the molecule is CC(CN1CCN(C)CC1)NC(=O)NC1CCCCC1O. The van der Waals surface area contributed by atoms with E-state index in [0.29, 0.717) is 0 Å². The van der Waals surface area contributed by atoms with Gasteiger partial charge in [0.05, 0.1) is 12.1 Å². The first kappa shape index (κ1) is 16.5. The largest absolute Gasteiger partial charge is 0.391 e. The average molecular weight is 298 g/mol. The number of carbonyl (C=O) groups excluding carboxylic acids is 1. The van der Waals surface area contributed by atoms with Gasteiger partial charge in [0.2, 0.25) is 0 Å². The Morgan fingerprint density at radius 1 is 1.24 bits per heavy atom. The van der Waals surface area contributed by atoms with Crippen LogP contribution in [0.3, 0.4) is 0 Å². The Bertz CT molecular complexity index is 332. The maximum Gasteiger partial charge on any atom is 0.315 e. The third-order valence-corrected chi connectivity index (χ3v) is 4.55. The molecule has 3 atom stereocenters. The van der Waals surface area contributed by atoms with E-state index in [2.05, 4.69) is 27.5 Å². The van der Waals surface area contributed by atoms with Crippen molar-refractivity contribution in [2.45, 2.75) is 50.8 Å². The molecule has 2 aliphatic rings. The maximum atomic E-state index is 12.0. The van der Waals surface area contributed by atoms with Crippen LogP contribution in [0.1, 0.15) is 32.6 Å². The van der Waals surface area contributed by atoms with Crippen LogP contribution in [0.15, 0.2) is 0 Å². The summed E-state index contributed by atoms with van der Waals surface area (Å²) in [6, 6.07) is -0.119. The quantitative estimate of drug-likeness (QED) is 0.695. The van der Waals surface area contributed by atoms with Crippen LogP contribution in [0.2, 0.25) is 0 Å². The molecule has 0 radical (unpaired) electrons. The molecular formula is C15H30N4O2. The summed E-state index contributed by atoms with van der Waals surface area (Å²) in [7, 11) is 2.14. The highest BCUT2D eigenvalue weighted by Crippen LogP contribution is 2.18. The van der Waals surface area contributed by atoms with Gasteiger partial charge in [0.15, 0.2) is 0 Å². The normalized spacial score (nSPS) is 29.9. The predicted molar refractivity (Wildman–Crippen MR) is 83.3 cm³/mol. The molecule has 3 unspecified atom stereocenters. The molecular weight excluding hydrogens is 268 g/mol. The Morgan fingerprint density at radius 3 is 2.57 bits per heavy atom. The lowest BCUT2D eigenvalue weighted by atomic mass is 9.93. The Hall–Kier alpha value is -0.850. The van der Waals surface area contributed by atoms with Gasteiger partial charge in [-0.1, -0.05) is 12.8 Å². The van der Waals surface area contributed by atoms with Gasteiger partial charge in [-0.15, -0.1) is 0 Å². The number of urea groups is 1. The van der Waals surface area contributed by atoms with E-state index in [4.69, 9.17) is 0 Å². The number of rotatable bonds is 4. The molecule has 0 bridgehead atoms. The van der Waals surface area contributed by atoms with Gasteiger partial charge in [0.1, 0.15) is 0 Å². The van der Waals surface area contributed by atoms with Crippen molar-refractivity contribution in [3.05, 3.63) is 0 Å². The van der Waals surface area contributed by atoms with E-state index in [0.717, 1.165) is 58.4 Å². The van der Waals surface area contributed by atoms with Crippen LogP contribution in [-0.4, -0.2) is 78.9 Å². The third kappa shape index (κ3) is 5.45. The van der Waals surface area contributed by atoms with Crippen LogP contribution in [0.25, 0.3) is 0 Å². The molecule has 6 nitrogen and oxygen atoms in total. The fourth-order valence-electron chi connectivity index (χ4n) is 3.18. The molecule has 6 heteroatoms.